The standard InChI is InChI=1S/C19H23N3O4/c1-5-15-16(12(4)23)11(3)20-17(15)18(24)21-13-7-9-14(10-8-13)22-19(25)26-6-2/h7-10,20H,5-6H2,1-4H3,(H,21,24)(H,22,25). The van der Waals surface area contributed by atoms with E-state index in [0.717, 1.165) is 0 Å². The molecular formula is C19H23N3O4. The third kappa shape index (κ3) is 4.30. The van der Waals surface area contributed by atoms with Crippen LogP contribution < -0.4 is 10.6 Å². The smallest absolute Gasteiger partial charge is 0.411 e. The summed E-state index contributed by atoms with van der Waals surface area (Å²) in [5.74, 6) is -0.382. The number of aromatic amines is 1. The summed E-state index contributed by atoms with van der Waals surface area (Å²) in [5.41, 5.74) is 3.51. The number of carbonyl (C=O) groups is 3. The summed E-state index contributed by atoms with van der Waals surface area (Å²) in [6.45, 7) is 7.19. The molecule has 0 aliphatic heterocycles. The molecule has 0 atom stereocenters. The van der Waals surface area contributed by atoms with Crippen molar-refractivity contribution in [1.29, 1.82) is 0 Å². The number of aryl methyl sites for hydroxylation is 1. The largest absolute Gasteiger partial charge is 0.450 e. The molecule has 0 unspecified atom stereocenters. The van der Waals surface area contributed by atoms with E-state index in [9.17, 15) is 14.4 Å². The van der Waals surface area contributed by atoms with E-state index < -0.39 is 6.09 Å². The maximum atomic E-state index is 12.6. The van der Waals surface area contributed by atoms with E-state index >= 15 is 0 Å². The van der Waals surface area contributed by atoms with Gasteiger partial charge in [-0.1, -0.05) is 6.92 Å². The third-order valence-electron chi connectivity index (χ3n) is 3.89. The van der Waals surface area contributed by atoms with Gasteiger partial charge in [0.1, 0.15) is 5.69 Å². The number of Topliss-reactive ketones (excluding diaryl/α,β-unsaturated/α-hetero) is 1. The maximum absolute atomic E-state index is 12.6. The number of nitrogens with one attached hydrogen (secondary N) is 3. The molecule has 0 radical (unpaired) electrons. The molecule has 0 aliphatic rings. The molecule has 2 amide bonds. The lowest BCUT2D eigenvalue weighted by molar-refractivity contribution is 0.101. The van der Waals surface area contributed by atoms with Crippen LogP contribution in [0.4, 0.5) is 16.2 Å². The predicted molar refractivity (Wildman–Crippen MR) is 100.0 cm³/mol. The number of ketones is 1. The van der Waals surface area contributed by atoms with E-state index in [1.54, 1.807) is 38.1 Å². The molecule has 26 heavy (non-hydrogen) atoms. The van der Waals surface area contributed by atoms with Crippen molar-refractivity contribution in [2.24, 2.45) is 0 Å². The number of anilines is 2. The Hall–Kier alpha value is -3.09. The highest BCUT2D eigenvalue weighted by Crippen LogP contribution is 2.22. The molecule has 2 aromatic rings. The lowest BCUT2D eigenvalue weighted by Gasteiger charge is -2.08. The van der Waals surface area contributed by atoms with Gasteiger partial charge in [0.15, 0.2) is 5.78 Å². The van der Waals surface area contributed by atoms with Gasteiger partial charge in [-0.3, -0.25) is 14.9 Å². The van der Waals surface area contributed by atoms with Crippen LogP contribution in [0.15, 0.2) is 24.3 Å². The summed E-state index contributed by atoms with van der Waals surface area (Å²) in [6, 6.07) is 6.67. The molecule has 1 heterocycles. The minimum absolute atomic E-state index is 0.0657. The molecule has 1 aromatic heterocycles. The Kier molecular flexibility index (Phi) is 6.16. The monoisotopic (exact) mass is 357 g/mol. The molecule has 0 aliphatic carbocycles. The van der Waals surface area contributed by atoms with Gasteiger partial charge in [-0.25, -0.2) is 4.79 Å². The van der Waals surface area contributed by atoms with Crippen molar-refractivity contribution in [3.63, 3.8) is 0 Å². The fourth-order valence-electron chi connectivity index (χ4n) is 2.82. The fraction of sp³-hybridized carbons (Fsp3) is 0.316. The van der Waals surface area contributed by atoms with Crippen LogP contribution in [0.25, 0.3) is 0 Å². The first-order valence-electron chi connectivity index (χ1n) is 8.44. The van der Waals surface area contributed by atoms with Gasteiger partial charge in [-0.05, 0) is 57.0 Å². The van der Waals surface area contributed by atoms with Gasteiger partial charge in [0.25, 0.3) is 5.91 Å². The minimum atomic E-state index is -0.532. The Morgan fingerprint density at radius 3 is 2.12 bits per heavy atom. The molecule has 3 N–H and O–H groups in total. The molecule has 0 saturated carbocycles. The zero-order valence-electron chi connectivity index (χ0n) is 15.4. The van der Waals surface area contributed by atoms with Gasteiger partial charge in [0.2, 0.25) is 0 Å². The quantitative estimate of drug-likeness (QED) is 0.682. The van der Waals surface area contributed by atoms with E-state index in [1.165, 1.54) is 6.92 Å². The van der Waals surface area contributed by atoms with Crippen LogP contribution in [0.3, 0.4) is 0 Å². The number of carbonyl (C=O) groups excluding carboxylic acids is 3. The second-order valence-corrected chi connectivity index (χ2v) is 5.77. The number of hydrogen-bond donors (Lipinski definition) is 3. The maximum Gasteiger partial charge on any atom is 0.411 e. The van der Waals surface area contributed by atoms with Gasteiger partial charge < -0.3 is 15.0 Å². The van der Waals surface area contributed by atoms with Gasteiger partial charge >= 0.3 is 6.09 Å². The highest BCUT2D eigenvalue weighted by atomic mass is 16.5. The Bertz CT molecular complexity index is 822. The van der Waals surface area contributed by atoms with Gasteiger partial charge in [0, 0.05) is 22.6 Å². The van der Waals surface area contributed by atoms with Crippen LogP contribution in [0.5, 0.6) is 0 Å². The van der Waals surface area contributed by atoms with E-state index in [2.05, 4.69) is 15.6 Å². The highest BCUT2D eigenvalue weighted by molar-refractivity contribution is 6.07. The molecule has 138 valence electrons. The second kappa shape index (κ2) is 8.33. The minimum Gasteiger partial charge on any atom is -0.450 e. The van der Waals surface area contributed by atoms with Crippen LogP contribution in [0.1, 0.15) is 52.9 Å². The van der Waals surface area contributed by atoms with E-state index in [1.807, 2.05) is 6.92 Å². The third-order valence-corrected chi connectivity index (χ3v) is 3.89. The summed E-state index contributed by atoms with van der Waals surface area (Å²) < 4.78 is 4.81. The normalized spacial score (nSPS) is 10.3. The van der Waals surface area contributed by atoms with Crippen LogP contribution in [-0.2, 0) is 11.2 Å². The summed E-state index contributed by atoms with van der Waals surface area (Å²) in [5, 5.41) is 5.37. The zero-order valence-corrected chi connectivity index (χ0v) is 15.4. The average Bonchev–Trinajstić information content (AvgIpc) is 2.93. The Morgan fingerprint density at radius 1 is 1.04 bits per heavy atom. The molecule has 7 nitrogen and oxygen atoms in total. The van der Waals surface area contributed by atoms with Crippen LogP contribution in [0.2, 0.25) is 0 Å². The number of rotatable bonds is 6. The number of aromatic nitrogens is 1. The van der Waals surface area contributed by atoms with Crippen molar-refractivity contribution in [3.05, 3.63) is 46.8 Å². The molecule has 0 spiro atoms. The van der Waals surface area contributed by atoms with Crippen molar-refractivity contribution in [3.8, 4) is 0 Å². The van der Waals surface area contributed by atoms with E-state index in [0.29, 0.717) is 40.3 Å². The Labute approximate surface area is 152 Å². The number of benzene rings is 1. The van der Waals surface area contributed by atoms with E-state index in [-0.39, 0.29) is 18.3 Å². The molecule has 0 bridgehead atoms. The summed E-state index contributed by atoms with van der Waals surface area (Å²) >= 11 is 0. The van der Waals surface area contributed by atoms with Gasteiger partial charge in [-0.15, -0.1) is 0 Å². The molecule has 0 fully saturated rings. The van der Waals surface area contributed by atoms with Crippen molar-refractivity contribution in [2.75, 3.05) is 17.2 Å². The number of ether oxygens (including phenoxy) is 1. The Morgan fingerprint density at radius 2 is 1.62 bits per heavy atom. The van der Waals surface area contributed by atoms with Crippen molar-refractivity contribution in [1.82, 2.24) is 4.98 Å². The predicted octanol–water partition coefficient (Wildman–Crippen LogP) is 3.91. The number of H-pyrrole nitrogens is 1. The SMILES string of the molecule is CCOC(=O)Nc1ccc(NC(=O)c2[nH]c(C)c(C(C)=O)c2CC)cc1. The van der Waals surface area contributed by atoms with Crippen LogP contribution >= 0.6 is 0 Å². The first-order chi connectivity index (χ1) is 12.4. The second-order valence-electron chi connectivity index (χ2n) is 5.77. The van der Waals surface area contributed by atoms with Crippen molar-refractivity contribution in [2.45, 2.75) is 34.1 Å². The first kappa shape index (κ1) is 19.2. The molecule has 2 rings (SSSR count). The molecule has 7 heteroatoms. The van der Waals surface area contributed by atoms with Crippen LogP contribution in [-0.4, -0.2) is 29.4 Å². The zero-order chi connectivity index (χ0) is 19.3. The Balaban J connectivity index is 2.14. The lowest BCUT2D eigenvalue weighted by Crippen LogP contribution is -2.15. The summed E-state index contributed by atoms with van der Waals surface area (Å²) in [4.78, 5) is 38.8. The topological polar surface area (TPSA) is 100 Å². The number of hydrogen-bond acceptors (Lipinski definition) is 4. The molecular weight excluding hydrogens is 334 g/mol. The molecule has 1 aromatic carbocycles. The lowest BCUT2D eigenvalue weighted by atomic mass is 10.0. The van der Waals surface area contributed by atoms with Crippen molar-refractivity contribution < 1.29 is 19.1 Å². The highest BCUT2D eigenvalue weighted by Gasteiger charge is 2.21. The fourth-order valence-corrected chi connectivity index (χ4v) is 2.82. The first-order valence-corrected chi connectivity index (χ1v) is 8.44. The summed E-state index contributed by atoms with van der Waals surface area (Å²) in [7, 11) is 0. The molecule has 0 saturated heterocycles. The van der Waals surface area contributed by atoms with E-state index in [4.69, 9.17) is 4.74 Å². The number of amides is 2. The van der Waals surface area contributed by atoms with Gasteiger partial charge in [0.05, 0.1) is 6.61 Å². The average molecular weight is 357 g/mol. The van der Waals surface area contributed by atoms with Crippen LogP contribution in [0, 0.1) is 6.92 Å². The summed E-state index contributed by atoms with van der Waals surface area (Å²) in [6.07, 6.45) is 0.0419. The van der Waals surface area contributed by atoms with Gasteiger partial charge in [-0.2, -0.15) is 0 Å². The van der Waals surface area contributed by atoms with Crippen molar-refractivity contribution >= 4 is 29.2 Å².